The molecule has 6 saturated carbocycles. The summed E-state index contributed by atoms with van der Waals surface area (Å²) in [7, 11) is 2.90. The molecule has 0 radical (unpaired) electrons. The number of methoxy groups -OCH3 is 2. The lowest BCUT2D eigenvalue weighted by atomic mass is 9.41. The molecule has 8 aliphatic carbocycles. The number of carbonyl (C=O) groups excluding carboxylic acids is 6. The van der Waals surface area contributed by atoms with Crippen LogP contribution in [0.4, 0.5) is 0 Å². The van der Waals surface area contributed by atoms with Gasteiger partial charge >= 0.3 is 23.9 Å². The van der Waals surface area contributed by atoms with E-state index in [1.54, 1.807) is 12.2 Å². The van der Waals surface area contributed by atoms with Crippen molar-refractivity contribution in [2.45, 2.75) is 166 Å². The Morgan fingerprint density at radius 2 is 1.24 bits per heavy atom. The topological polar surface area (TPSA) is 164 Å². The van der Waals surface area contributed by atoms with Gasteiger partial charge in [-0.1, -0.05) is 52.7 Å². The molecule has 12 nitrogen and oxygen atoms in total. The zero-order chi connectivity index (χ0) is 43.9. The summed E-state index contributed by atoms with van der Waals surface area (Å²) >= 11 is 0. The van der Waals surface area contributed by atoms with Crippen LogP contribution in [0.15, 0.2) is 23.3 Å². The Morgan fingerprint density at radius 1 is 0.661 bits per heavy atom. The van der Waals surface area contributed by atoms with E-state index in [-0.39, 0.29) is 117 Å². The molecule has 0 aromatic carbocycles. The summed E-state index contributed by atoms with van der Waals surface area (Å²) < 4.78 is 36.1. The minimum atomic E-state index is -0.452. The first-order valence-corrected chi connectivity index (χ1v) is 23.7. The van der Waals surface area contributed by atoms with Crippen LogP contribution in [0.2, 0.25) is 0 Å². The van der Waals surface area contributed by atoms with E-state index >= 15 is 0 Å². The Morgan fingerprint density at radius 3 is 1.85 bits per heavy atom. The van der Waals surface area contributed by atoms with Crippen molar-refractivity contribution in [1.29, 1.82) is 0 Å². The average Bonchev–Trinajstić information content (AvgIpc) is 3.97. The fourth-order valence-electron chi connectivity index (χ4n) is 18.1. The van der Waals surface area contributed by atoms with Gasteiger partial charge in [-0.05, 0) is 101 Å². The summed E-state index contributed by atoms with van der Waals surface area (Å²) in [6.45, 7) is 13.3. The summed E-state index contributed by atoms with van der Waals surface area (Å²) in [5.74, 6) is -0.324. The number of ketones is 2. The molecule has 4 spiro atoms. The number of carbonyl (C=O) groups is 6. The molecule has 12 aliphatic rings. The van der Waals surface area contributed by atoms with Crippen LogP contribution in [0.5, 0.6) is 0 Å². The molecule has 0 amide bonds. The molecule has 336 valence electrons. The van der Waals surface area contributed by atoms with Gasteiger partial charge < -0.3 is 28.4 Å². The first-order chi connectivity index (χ1) is 29.3. The van der Waals surface area contributed by atoms with Gasteiger partial charge in [0.1, 0.15) is 22.4 Å². The summed E-state index contributed by atoms with van der Waals surface area (Å²) in [5.41, 5.74) is -0.536. The minimum absolute atomic E-state index is 0.00193. The molecule has 0 bridgehead atoms. The number of rotatable bonds is 2. The molecule has 18 atom stereocenters. The second-order valence-corrected chi connectivity index (χ2v) is 22.8. The van der Waals surface area contributed by atoms with E-state index in [4.69, 9.17) is 28.4 Å². The molecule has 12 heteroatoms. The zero-order valence-corrected chi connectivity index (χ0v) is 37.7. The van der Waals surface area contributed by atoms with Gasteiger partial charge in [-0.2, -0.15) is 0 Å². The van der Waals surface area contributed by atoms with Gasteiger partial charge in [0.25, 0.3) is 0 Å². The van der Waals surface area contributed by atoms with Gasteiger partial charge in [0, 0.05) is 58.7 Å². The second kappa shape index (κ2) is 12.7. The Hall–Kier alpha value is -3.38. The van der Waals surface area contributed by atoms with Crippen molar-refractivity contribution in [1.82, 2.24) is 0 Å². The zero-order valence-electron chi connectivity index (χ0n) is 37.7. The Labute approximate surface area is 364 Å². The number of hydrogen-bond donors (Lipinski definition) is 0. The monoisotopic (exact) mass is 856 g/mol. The van der Waals surface area contributed by atoms with E-state index in [1.807, 2.05) is 6.92 Å². The maximum Gasteiger partial charge on any atom is 0.309 e. The molecule has 4 aliphatic heterocycles. The number of hydrogen-bond acceptors (Lipinski definition) is 12. The molecule has 6 unspecified atom stereocenters. The molecular formula is C50H64O12. The van der Waals surface area contributed by atoms with Crippen molar-refractivity contribution < 1.29 is 57.2 Å². The number of epoxide rings is 2. The third-order valence-corrected chi connectivity index (χ3v) is 21.3. The molecular weight excluding hydrogens is 793 g/mol. The van der Waals surface area contributed by atoms with E-state index < -0.39 is 22.4 Å². The first kappa shape index (κ1) is 41.3. The molecule has 0 aromatic heterocycles. The summed E-state index contributed by atoms with van der Waals surface area (Å²) in [4.78, 5) is 75.4. The van der Waals surface area contributed by atoms with Crippen LogP contribution in [-0.2, 0) is 57.2 Å². The first-order valence-electron chi connectivity index (χ1n) is 23.7. The largest absolute Gasteiger partial charge is 0.469 e. The Bertz CT molecular complexity index is 2180. The van der Waals surface area contributed by atoms with Gasteiger partial charge in [-0.25, -0.2) is 0 Å². The molecule has 10 fully saturated rings. The van der Waals surface area contributed by atoms with Crippen molar-refractivity contribution >= 4 is 35.4 Å². The van der Waals surface area contributed by atoms with Gasteiger partial charge in [0.2, 0.25) is 0 Å². The molecule has 62 heavy (non-hydrogen) atoms. The van der Waals surface area contributed by atoms with E-state index in [0.29, 0.717) is 32.1 Å². The highest BCUT2D eigenvalue weighted by molar-refractivity contribution is 5.94. The van der Waals surface area contributed by atoms with E-state index in [0.717, 1.165) is 68.9 Å². The van der Waals surface area contributed by atoms with Crippen LogP contribution in [0, 0.1) is 69.0 Å². The third-order valence-electron chi connectivity index (χ3n) is 21.3. The normalized spacial score (nSPS) is 54.3. The quantitative estimate of drug-likeness (QED) is 0.164. The third kappa shape index (κ3) is 4.62. The summed E-state index contributed by atoms with van der Waals surface area (Å²) in [6, 6.07) is 0. The minimum Gasteiger partial charge on any atom is -0.469 e. The number of fused-ring (bicyclic) bond motifs is 8. The maximum atomic E-state index is 13.1. The van der Waals surface area contributed by atoms with Crippen LogP contribution in [0.25, 0.3) is 0 Å². The maximum absolute atomic E-state index is 13.1. The highest BCUT2D eigenvalue weighted by atomic mass is 16.6. The summed E-state index contributed by atoms with van der Waals surface area (Å²) in [6.07, 6.45) is 13.7. The van der Waals surface area contributed by atoms with Crippen molar-refractivity contribution in [3.8, 4) is 0 Å². The van der Waals surface area contributed by atoms with Gasteiger partial charge in [-0.15, -0.1) is 0 Å². The van der Waals surface area contributed by atoms with E-state index in [1.165, 1.54) is 14.2 Å². The molecule has 0 aromatic rings. The van der Waals surface area contributed by atoms with Gasteiger partial charge in [-0.3, -0.25) is 28.8 Å². The average molecular weight is 857 g/mol. The van der Waals surface area contributed by atoms with Gasteiger partial charge in [0.05, 0.1) is 38.3 Å². The predicted molar refractivity (Wildman–Crippen MR) is 219 cm³/mol. The number of ether oxygens (including phenoxy) is 6. The summed E-state index contributed by atoms with van der Waals surface area (Å²) in [5, 5.41) is 0. The van der Waals surface area contributed by atoms with Crippen LogP contribution in [-0.4, -0.2) is 84.3 Å². The van der Waals surface area contributed by atoms with Crippen LogP contribution >= 0.6 is 0 Å². The fourth-order valence-corrected chi connectivity index (χ4v) is 18.1. The van der Waals surface area contributed by atoms with Crippen molar-refractivity contribution in [3.05, 3.63) is 23.3 Å². The number of esters is 4. The van der Waals surface area contributed by atoms with E-state index in [9.17, 15) is 28.8 Å². The SMILES string of the molecule is COC(=O)[C@@H]1CC2=CC(=O)C(C)C[C@]2(C)[C@@]23O[C@@H]2C[C@@]2(C)C(CC[C@@]24CCC(=O)O4)C13.COC(=O)[C@@H]1CC2=CC(=O)CC[C@]2(C)[C@@]23O[C@@H]2C(C)[C@@]2(C)C(CC[C@@]24CCC(=O)O4)C13. The molecule has 0 N–H and O–H groups in total. The second-order valence-electron chi connectivity index (χ2n) is 22.8. The Balaban J connectivity index is 0.000000139. The highest BCUT2D eigenvalue weighted by Crippen LogP contribution is 2.81. The van der Waals surface area contributed by atoms with Gasteiger partial charge in [0.15, 0.2) is 11.6 Å². The lowest BCUT2D eigenvalue weighted by molar-refractivity contribution is -0.180. The fraction of sp³-hybridized carbons (Fsp3) is 0.800. The molecule has 4 saturated heterocycles. The van der Waals surface area contributed by atoms with Crippen molar-refractivity contribution in [3.63, 3.8) is 0 Å². The van der Waals surface area contributed by atoms with Crippen LogP contribution in [0.1, 0.15) is 131 Å². The standard InChI is InChI=1S/2C25H32O6/c1-13-20-25(31-20)19(17-6-9-24(23(13,17)3)10-7-18(27)30-24)16(21(28)29-4)12-14-11-15(26)5-8-22(14,25)2;1-13-11-22(2)14(10-17(13)26)9-15(21(28)29-4)20-16-5-7-24(8-6-19(27)31-24)23(16,3)12-18-25(20,22)30-18/h11,13,16-17,19-20H,5-10,12H2,1-4H3;10,13,15-16,18,20H,5-9,11-12H2,1-4H3/t13?,16-,17?,19?,20-,22+,23+,24-,25+;13?,15-,16?,18-,20?,22+,23+,24-,25-/m11/s1. The van der Waals surface area contributed by atoms with E-state index in [2.05, 4.69) is 34.6 Å². The Kier molecular flexibility index (Phi) is 8.46. The van der Waals surface area contributed by atoms with Crippen LogP contribution < -0.4 is 0 Å². The lowest BCUT2D eigenvalue weighted by Gasteiger charge is -2.60. The molecule has 12 rings (SSSR count). The molecule has 4 heterocycles. The lowest BCUT2D eigenvalue weighted by Crippen LogP contribution is -2.65. The van der Waals surface area contributed by atoms with Crippen LogP contribution in [0.3, 0.4) is 0 Å². The predicted octanol–water partition coefficient (Wildman–Crippen LogP) is 6.74. The highest BCUT2D eigenvalue weighted by Gasteiger charge is 2.86. The van der Waals surface area contributed by atoms with Crippen molar-refractivity contribution in [2.75, 3.05) is 14.2 Å². The smallest absolute Gasteiger partial charge is 0.309 e. The van der Waals surface area contributed by atoms with Crippen molar-refractivity contribution in [2.24, 2.45) is 69.0 Å².